The zero-order valence-corrected chi connectivity index (χ0v) is 10.9. The van der Waals surface area contributed by atoms with Crippen molar-refractivity contribution in [3.63, 3.8) is 0 Å². The minimum Gasteiger partial charge on any atom is -0.398 e. The molecular weight excluding hydrogens is 282 g/mol. The number of carbonyl (C=O) groups is 1. The van der Waals surface area contributed by atoms with Gasteiger partial charge >= 0.3 is 0 Å². The van der Waals surface area contributed by atoms with Gasteiger partial charge in [-0.05, 0) is 18.2 Å². The van der Waals surface area contributed by atoms with E-state index in [1.807, 2.05) is 0 Å². The van der Waals surface area contributed by atoms with Gasteiger partial charge in [0.2, 0.25) is 0 Å². The van der Waals surface area contributed by atoms with E-state index in [9.17, 15) is 14.9 Å². The summed E-state index contributed by atoms with van der Waals surface area (Å²) < 4.78 is 0. The van der Waals surface area contributed by atoms with Crippen molar-refractivity contribution < 1.29 is 9.72 Å². The van der Waals surface area contributed by atoms with Crippen LogP contribution in [0.15, 0.2) is 42.5 Å². The van der Waals surface area contributed by atoms with Crippen LogP contribution in [-0.2, 0) is 0 Å². The first-order chi connectivity index (χ1) is 9.49. The number of carbonyl (C=O) groups excluding carboxylic acids is 1. The van der Waals surface area contributed by atoms with Crippen molar-refractivity contribution >= 4 is 34.6 Å². The van der Waals surface area contributed by atoms with Crippen molar-refractivity contribution in [2.45, 2.75) is 0 Å². The molecule has 0 spiro atoms. The number of benzene rings is 2. The van der Waals surface area contributed by atoms with Gasteiger partial charge in [-0.3, -0.25) is 14.9 Å². The summed E-state index contributed by atoms with van der Waals surface area (Å²) in [4.78, 5) is 22.2. The van der Waals surface area contributed by atoms with Crippen LogP contribution in [0.5, 0.6) is 0 Å². The number of nitro groups is 1. The van der Waals surface area contributed by atoms with Crippen molar-refractivity contribution in [1.29, 1.82) is 0 Å². The quantitative estimate of drug-likeness (QED) is 0.516. The van der Waals surface area contributed by atoms with E-state index in [1.165, 1.54) is 18.2 Å². The van der Waals surface area contributed by atoms with E-state index in [1.54, 1.807) is 24.3 Å². The number of hydrogen-bond donors (Lipinski definition) is 2. The smallest absolute Gasteiger partial charge is 0.271 e. The third kappa shape index (κ3) is 2.86. The second-order valence-corrected chi connectivity index (χ2v) is 4.37. The summed E-state index contributed by atoms with van der Waals surface area (Å²) in [7, 11) is 0. The molecule has 2 aromatic rings. The van der Waals surface area contributed by atoms with E-state index in [4.69, 9.17) is 17.3 Å². The number of halogens is 1. The molecule has 20 heavy (non-hydrogen) atoms. The molecule has 0 saturated heterocycles. The fraction of sp³-hybridized carbons (Fsp3) is 0. The van der Waals surface area contributed by atoms with E-state index < -0.39 is 10.8 Å². The van der Waals surface area contributed by atoms with Gasteiger partial charge in [0.05, 0.1) is 21.2 Å². The zero-order chi connectivity index (χ0) is 14.7. The van der Waals surface area contributed by atoms with Crippen molar-refractivity contribution in [2.24, 2.45) is 0 Å². The second-order valence-electron chi connectivity index (χ2n) is 3.96. The first kappa shape index (κ1) is 13.8. The SMILES string of the molecule is Nc1ccccc1C(=O)Nc1cc([N+](=O)[O-])ccc1Cl. The Hall–Kier alpha value is -2.60. The van der Waals surface area contributed by atoms with E-state index in [2.05, 4.69) is 5.32 Å². The lowest BCUT2D eigenvalue weighted by atomic mass is 10.1. The Morgan fingerprint density at radius 1 is 1.25 bits per heavy atom. The van der Waals surface area contributed by atoms with Crippen molar-refractivity contribution in [2.75, 3.05) is 11.1 Å². The number of nitrogen functional groups attached to an aromatic ring is 1. The van der Waals surface area contributed by atoms with Crippen LogP contribution in [0.1, 0.15) is 10.4 Å². The molecule has 0 saturated carbocycles. The number of nitrogens with zero attached hydrogens (tertiary/aromatic N) is 1. The van der Waals surface area contributed by atoms with Crippen LogP contribution in [0.25, 0.3) is 0 Å². The van der Waals surface area contributed by atoms with Crippen LogP contribution in [0.3, 0.4) is 0 Å². The Morgan fingerprint density at radius 3 is 2.60 bits per heavy atom. The largest absolute Gasteiger partial charge is 0.398 e. The van der Waals surface area contributed by atoms with E-state index in [0.717, 1.165) is 0 Å². The number of amides is 1. The van der Waals surface area contributed by atoms with Gasteiger partial charge in [0.1, 0.15) is 0 Å². The standard InChI is InChI=1S/C13H10ClN3O3/c14-10-6-5-8(17(19)20)7-12(10)16-13(18)9-3-1-2-4-11(9)15/h1-7H,15H2,(H,16,18). The summed E-state index contributed by atoms with van der Waals surface area (Å²) in [6, 6.07) is 10.3. The molecule has 2 aromatic carbocycles. The molecule has 0 aliphatic heterocycles. The second kappa shape index (κ2) is 5.58. The van der Waals surface area contributed by atoms with Crippen molar-refractivity contribution in [3.05, 3.63) is 63.2 Å². The Morgan fingerprint density at radius 2 is 1.95 bits per heavy atom. The van der Waals surface area contributed by atoms with Crippen LogP contribution in [-0.4, -0.2) is 10.8 Å². The first-order valence-electron chi connectivity index (χ1n) is 5.59. The lowest BCUT2D eigenvalue weighted by Gasteiger charge is -2.08. The molecule has 0 heterocycles. The maximum absolute atomic E-state index is 12.0. The van der Waals surface area contributed by atoms with E-state index >= 15 is 0 Å². The molecular formula is C13H10ClN3O3. The highest BCUT2D eigenvalue weighted by Crippen LogP contribution is 2.27. The molecule has 0 aliphatic carbocycles. The molecule has 3 N–H and O–H groups in total. The molecule has 0 atom stereocenters. The number of nitrogens with two attached hydrogens (primary N) is 1. The van der Waals surface area contributed by atoms with E-state index in [0.29, 0.717) is 5.69 Å². The topological polar surface area (TPSA) is 98.3 Å². The summed E-state index contributed by atoms with van der Waals surface area (Å²) in [5, 5.41) is 13.4. The van der Waals surface area contributed by atoms with Gasteiger partial charge in [-0.2, -0.15) is 0 Å². The summed E-state index contributed by atoms with van der Waals surface area (Å²) in [5.41, 5.74) is 6.27. The van der Waals surface area contributed by atoms with Crippen LogP contribution < -0.4 is 11.1 Å². The van der Waals surface area contributed by atoms with Crippen LogP contribution in [0, 0.1) is 10.1 Å². The summed E-state index contributed by atoms with van der Waals surface area (Å²) >= 11 is 5.90. The van der Waals surface area contributed by atoms with Crippen molar-refractivity contribution in [1.82, 2.24) is 0 Å². The maximum atomic E-state index is 12.0. The van der Waals surface area contributed by atoms with Crippen LogP contribution >= 0.6 is 11.6 Å². The Bertz CT molecular complexity index is 688. The fourth-order valence-electron chi connectivity index (χ4n) is 1.62. The molecule has 0 aromatic heterocycles. The highest BCUT2D eigenvalue weighted by Gasteiger charge is 2.14. The van der Waals surface area contributed by atoms with Gasteiger partial charge in [0.15, 0.2) is 0 Å². The number of nitro benzene ring substituents is 1. The molecule has 0 fully saturated rings. The number of para-hydroxylation sites is 1. The lowest BCUT2D eigenvalue weighted by molar-refractivity contribution is -0.384. The highest BCUT2D eigenvalue weighted by atomic mass is 35.5. The molecule has 2 rings (SSSR count). The zero-order valence-electron chi connectivity index (χ0n) is 10.2. The minimum absolute atomic E-state index is 0.161. The Kier molecular flexibility index (Phi) is 3.86. The van der Waals surface area contributed by atoms with Gasteiger partial charge < -0.3 is 11.1 Å². The molecule has 1 amide bonds. The summed E-state index contributed by atoms with van der Waals surface area (Å²) in [5.74, 6) is -0.481. The number of anilines is 2. The van der Waals surface area contributed by atoms with Gasteiger partial charge in [-0.1, -0.05) is 23.7 Å². The number of hydrogen-bond acceptors (Lipinski definition) is 4. The first-order valence-corrected chi connectivity index (χ1v) is 5.96. The van der Waals surface area contributed by atoms with Gasteiger partial charge in [0, 0.05) is 17.8 Å². The lowest BCUT2D eigenvalue weighted by Crippen LogP contribution is -2.14. The fourth-order valence-corrected chi connectivity index (χ4v) is 1.78. The average Bonchev–Trinajstić information content (AvgIpc) is 2.41. The Labute approximate surface area is 119 Å². The molecule has 7 heteroatoms. The monoisotopic (exact) mass is 291 g/mol. The normalized spacial score (nSPS) is 10.1. The highest BCUT2D eigenvalue weighted by molar-refractivity contribution is 6.34. The molecule has 102 valence electrons. The third-order valence-electron chi connectivity index (χ3n) is 2.61. The van der Waals surface area contributed by atoms with Gasteiger partial charge in [0.25, 0.3) is 11.6 Å². The predicted molar refractivity (Wildman–Crippen MR) is 76.9 cm³/mol. The van der Waals surface area contributed by atoms with Crippen LogP contribution in [0.2, 0.25) is 5.02 Å². The van der Waals surface area contributed by atoms with Crippen LogP contribution in [0.4, 0.5) is 17.1 Å². The molecule has 0 aliphatic rings. The minimum atomic E-state index is -0.567. The summed E-state index contributed by atoms with van der Waals surface area (Å²) in [6.45, 7) is 0. The molecule has 0 radical (unpaired) electrons. The maximum Gasteiger partial charge on any atom is 0.271 e. The number of nitrogens with one attached hydrogen (secondary N) is 1. The Balaban J connectivity index is 2.30. The average molecular weight is 292 g/mol. The van der Waals surface area contributed by atoms with E-state index in [-0.39, 0.29) is 22.0 Å². The number of rotatable bonds is 3. The molecule has 0 bridgehead atoms. The van der Waals surface area contributed by atoms with Gasteiger partial charge in [-0.15, -0.1) is 0 Å². The molecule has 6 nitrogen and oxygen atoms in total. The number of non-ortho nitro benzene ring substituents is 1. The summed E-state index contributed by atoms with van der Waals surface area (Å²) in [6.07, 6.45) is 0. The van der Waals surface area contributed by atoms with Gasteiger partial charge in [-0.25, -0.2) is 0 Å². The molecule has 0 unspecified atom stereocenters. The van der Waals surface area contributed by atoms with Crippen molar-refractivity contribution in [3.8, 4) is 0 Å². The third-order valence-corrected chi connectivity index (χ3v) is 2.94. The predicted octanol–water partition coefficient (Wildman–Crippen LogP) is 3.08.